The Bertz CT molecular complexity index is 605. The first-order valence-electron chi connectivity index (χ1n) is 6.43. The van der Waals surface area contributed by atoms with Crippen LogP contribution in [0.2, 0.25) is 0 Å². The molecule has 6 nitrogen and oxygen atoms in total. The van der Waals surface area contributed by atoms with Crippen molar-refractivity contribution >= 4 is 24.0 Å². The third-order valence-electron chi connectivity index (χ3n) is 3.93. The van der Waals surface area contributed by atoms with E-state index in [9.17, 15) is 19.5 Å². The number of hydrogen-bond donors (Lipinski definition) is 2. The molecule has 2 heterocycles. The van der Waals surface area contributed by atoms with Gasteiger partial charge in [0.2, 0.25) is 5.91 Å². The van der Waals surface area contributed by atoms with Gasteiger partial charge in [0.15, 0.2) is 0 Å². The van der Waals surface area contributed by atoms with Crippen molar-refractivity contribution in [1.29, 1.82) is 0 Å². The van der Waals surface area contributed by atoms with Gasteiger partial charge in [-0.25, -0.2) is 4.79 Å². The van der Waals surface area contributed by atoms with Gasteiger partial charge in [0, 0.05) is 6.42 Å². The summed E-state index contributed by atoms with van der Waals surface area (Å²) in [6.45, 7) is 0. The second-order valence-corrected chi connectivity index (χ2v) is 5.03. The van der Waals surface area contributed by atoms with Crippen molar-refractivity contribution in [2.45, 2.75) is 31.3 Å². The van der Waals surface area contributed by atoms with E-state index in [2.05, 4.69) is 5.32 Å². The molecular weight excluding hydrogens is 517 g/mol. The number of benzene rings is 1. The summed E-state index contributed by atoms with van der Waals surface area (Å²) in [5.74, 6) is -1.40. The maximum atomic E-state index is 12.5. The summed E-state index contributed by atoms with van der Waals surface area (Å²) in [6, 6.07) is 4.01. The fourth-order valence-electron chi connectivity index (χ4n) is 3.03. The predicted octanol–water partition coefficient (Wildman–Crippen LogP) is 0.000500. The summed E-state index contributed by atoms with van der Waals surface area (Å²) in [6.07, 6.45) is 2.91. The maximum Gasteiger partial charge on any atom is 0.327 e. The monoisotopic (exact) mass is 530 g/mol. The Balaban J connectivity index is 0.00000161. The third-order valence-corrected chi connectivity index (χ3v) is 3.93. The molecule has 0 aliphatic carbocycles. The molecule has 0 fully saturated rings. The second-order valence-electron chi connectivity index (χ2n) is 5.03. The van der Waals surface area contributed by atoms with Crippen LogP contribution in [-0.4, -0.2) is 35.5 Å². The number of para-hydroxylation sites is 1. The van der Waals surface area contributed by atoms with E-state index >= 15 is 0 Å². The Morgan fingerprint density at radius 2 is 2.10 bits per heavy atom. The van der Waals surface area contributed by atoms with Crippen LogP contribution in [0.15, 0.2) is 18.2 Å². The molecule has 2 amide bonds. The average molecular weight is 530 g/mol. The number of aryl methyl sites for hydroxylation is 1. The minimum atomic E-state index is -1.03. The molecule has 2 aliphatic heterocycles. The minimum absolute atomic E-state index is 0. The van der Waals surface area contributed by atoms with E-state index in [1.807, 2.05) is 18.2 Å². The Kier molecular flexibility index (Phi) is 3.32. The summed E-state index contributed by atoms with van der Waals surface area (Å²) in [4.78, 5) is 35.7. The van der Waals surface area contributed by atoms with Crippen molar-refractivity contribution in [3.8, 4) is 0 Å². The normalized spacial score (nSPS) is 22.9. The van der Waals surface area contributed by atoms with E-state index in [4.69, 9.17) is 0 Å². The molecule has 116 valence electrons. The Morgan fingerprint density at radius 1 is 1.38 bits per heavy atom. The Labute approximate surface area is 115 Å². The molecule has 7 heteroatoms. The number of carbonyl (C=O) groups excluding carboxylic acids is 2. The summed E-state index contributed by atoms with van der Waals surface area (Å²) >= 11 is 0. The topological polar surface area (TPSA) is 86.7 Å². The molecule has 0 saturated carbocycles. The summed E-state index contributed by atoms with van der Waals surface area (Å²) in [7, 11) is 0. The summed E-state index contributed by atoms with van der Waals surface area (Å²) < 4.78 is 0. The van der Waals surface area contributed by atoms with Crippen LogP contribution in [0.5, 0.6) is 0 Å². The number of amides is 2. The first-order valence-corrected chi connectivity index (χ1v) is 6.43. The SMILES string of the molecule is O=[C-]NC1CCc2cccc3c2N(C1=O)C(C(=O)O)C3.[Fm]. The molecule has 2 N–H and O–H groups in total. The number of hydrogen-bond acceptors (Lipinski definition) is 3. The molecule has 0 saturated heterocycles. The molecule has 21 heavy (non-hydrogen) atoms. The summed E-state index contributed by atoms with van der Waals surface area (Å²) in [5, 5.41) is 11.7. The zero-order valence-corrected chi connectivity index (χ0v) is 13.3. The Hall–Kier alpha value is -3.37. The predicted molar refractivity (Wildman–Crippen MR) is 70.0 cm³/mol. The van der Waals surface area contributed by atoms with Crippen LogP contribution in [0.3, 0.4) is 0 Å². The van der Waals surface area contributed by atoms with E-state index in [1.54, 1.807) is 0 Å². The zero-order valence-electron chi connectivity index (χ0n) is 10.9. The van der Waals surface area contributed by atoms with E-state index in [1.165, 1.54) is 11.3 Å². The number of nitrogens with zero attached hydrogens (tertiary/aromatic N) is 1. The van der Waals surface area contributed by atoms with Crippen LogP contribution < -0.4 is 10.2 Å². The molecule has 2 atom stereocenters. The van der Waals surface area contributed by atoms with Crippen LogP contribution in [0.1, 0.15) is 17.5 Å². The summed E-state index contributed by atoms with van der Waals surface area (Å²) in [5.41, 5.74) is 2.54. The van der Waals surface area contributed by atoms with Gasteiger partial charge in [-0.2, -0.15) is 6.41 Å². The van der Waals surface area contributed by atoms with Crippen LogP contribution in [0, 0.1) is 0 Å². The largest absolute Gasteiger partial charge is 0.520 e. The fraction of sp³-hybridized carbons (Fsp3) is 0.357. The van der Waals surface area contributed by atoms with Crippen LogP contribution in [0.4, 0.5) is 5.69 Å². The average Bonchev–Trinajstić information content (AvgIpc) is 2.76. The molecule has 0 aromatic heterocycles. The molecule has 2 unspecified atom stereocenters. The Morgan fingerprint density at radius 3 is 2.76 bits per heavy atom. The molecule has 0 spiro atoms. The molecule has 1 aromatic rings. The maximum absolute atomic E-state index is 12.5. The molecular formula is C14H13FmN2O4-. The van der Waals surface area contributed by atoms with Gasteiger partial charge in [-0.1, -0.05) is 18.2 Å². The van der Waals surface area contributed by atoms with Gasteiger partial charge in [-0.05, 0) is 24.0 Å². The van der Waals surface area contributed by atoms with Crippen molar-refractivity contribution in [3.63, 3.8) is 0 Å². The van der Waals surface area contributed by atoms with E-state index in [0.717, 1.165) is 11.1 Å². The van der Waals surface area contributed by atoms with Crippen molar-refractivity contribution in [2.24, 2.45) is 0 Å². The third kappa shape index (κ3) is 1.96. The van der Waals surface area contributed by atoms with Crippen LogP contribution >= 0.6 is 0 Å². The first kappa shape index (κ1) is 14.0. The van der Waals surface area contributed by atoms with Gasteiger partial charge in [0.25, 0.3) is 0 Å². The number of carbonyl (C=O) groups is 2. The van der Waals surface area contributed by atoms with Crippen LogP contribution in [-0.2, 0) is 27.2 Å². The fourth-order valence-corrected chi connectivity index (χ4v) is 3.03. The van der Waals surface area contributed by atoms with Gasteiger partial charge in [0.05, 0.1) is 11.7 Å². The van der Waals surface area contributed by atoms with Gasteiger partial charge >= 0.3 is 5.97 Å². The number of carboxylic acids is 1. The standard InChI is InChI=1S/C14H13N2O4.Fm/c17-7-15-10-5-4-8-2-1-3-9-6-11(14(19)20)16(12(8)9)13(10)18;/h1-3,10-11H,4-6H2,(H,15,17)(H,19,20);/q-1;. The number of anilines is 1. The molecule has 0 bridgehead atoms. The zero-order chi connectivity index (χ0) is 14.3. The van der Waals surface area contributed by atoms with Crippen molar-refractivity contribution < 1.29 is 19.5 Å². The van der Waals surface area contributed by atoms with Gasteiger partial charge in [-0.3, -0.25) is 9.69 Å². The van der Waals surface area contributed by atoms with E-state index in [-0.39, 0.29) is 5.91 Å². The number of carboxylic acid groups (broad SMARTS) is 1. The van der Waals surface area contributed by atoms with Crippen molar-refractivity contribution in [3.05, 3.63) is 29.3 Å². The van der Waals surface area contributed by atoms with Gasteiger partial charge < -0.3 is 15.2 Å². The first-order chi connectivity index (χ1) is 9.63. The molecule has 3 rings (SSSR count). The smallest absolute Gasteiger partial charge is 0.327 e. The molecule has 0 radical (unpaired) electrons. The molecule has 1 aromatic carbocycles. The van der Waals surface area contributed by atoms with E-state index < -0.39 is 18.1 Å². The van der Waals surface area contributed by atoms with Gasteiger partial charge in [-0.15, -0.1) is 0 Å². The number of rotatable bonds is 3. The van der Waals surface area contributed by atoms with Crippen molar-refractivity contribution in [2.75, 3.05) is 4.90 Å². The quantitative estimate of drug-likeness (QED) is 0.426. The molecule has 2 aliphatic rings. The number of nitrogens with one attached hydrogen (secondary N) is 1. The van der Waals surface area contributed by atoms with Crippen molar-refractivity contribution in [1.82, 2.24) is 5.32 Å². The minimum Gasteiger partial charge on any atom is -0.520 e. The second kappa shape index (κ2) is 4.96. The van der Waals surface area contributed by atoms with E-state index in [0.29, 0.717) is 24.9 Å². The van der Waals surface area contributed by atoms with Gasteiger partial charge in [0.1, 0.15) is 6.04 Å². The van der Waals surface area contributed by atoms with Crippen LogP contribution in [0.25, 0.3) is 0 Å². The number of aliphatic carboxylic acids is 1.